The first kappa shape index (κ1) is 14.8. The molecule has 1 unspecified atom stereocenters. The summed E-state index contributed by atoms with van der Waals surface area (Å²) in [6, 6.07) is -0.231. The van der Waals surface area contributed by atoms with Crippen molar-refractivity contribution in [3.8, 4) is 0 Å². The SMILES string of the molecule is CCc1ncc(S(=O)(=O)N2CCC(NC(=O)OC)C2)[nH]1. The molecule has 1 aromatic rings. The summed E-state index contributed by atoms with van der Waals surface area (Å²) >= 11 is 0. The minimum absolute atomic E-state index is 0.0908. The Bertz CT molecular complexity index is 583. The molecular formula is C11H18N4O4S. The van der Waals surface area contributed by atoms with Crippen LogP contribution in [0, 0.1) is 0 Å². The van der Waals surface area contributed by atoms with Gasteiger partial charge in [-0.25, -0.2) is 18.2 Å². The number of aryl methyl sites for hydroxylation is 1. The molecule has 20 heavy (non-hydrogen) atoms. The Labute approximate surface area is 117 Å². The number of hydrogen-bond donors (Lipinski definition) is 2. The number of carbonyl (C=O) groups is 1. The number of imidazole rings is 1. The van der Waals surface area contributed by atoms with Crippen molar-refractivity contribution in [1.29, 1.82) is 0 Å². The van der Waals surface area contributed by atoms with E-state index in [1.165, 1.54) is 17.6 Å². The van der Waals surface area contributed by atoms with Crippen LogP contribution in [0.3, 0.4) is 0 Å². The largest absolute Gasteiger partial charge is 0.453 e. The Morgan fingerprint density at radius 1 is 1.65 bits per heavy atom. The highest BCUT2D eigenvalue weighted by atomic mass is 32.2. The summed E-state index contributed by atoms with van der Waals surface area (Å²) in [4.78, 5) is 17.9. The van der Waals surface area contributed by atoms with E-state index in [1.54, 1.807) is 0 Å². The molecule has 8 nitrogen and oxygen atoms in total. The summed E-state index contributed by atoms with van der Waals surface area (Å²) in [6.45, 7) is 2.48. The predicted molar refractivity (Wildman–Crippen MR) is 70.7 cm³/mol. The average Bonchev–Trinajstić information content (AvgIpc) is 3.07. The van der Waals surface area contributed by atoms with Gasteiger partial charge in [0.05, 0.1) is 13.3 Å². The molecule has 9 heteroatoms. The summed E-state index contributed by atoms with van der Waals surface area (Å²) in [7, 11) is -2.31. The van der Waals surface area contributed by atoms with Crippen LogP contribution < -0.4 is 5.32 Å². The fourth-order valence-electron chi connectivity index (χ4n) is 2.08. The molecule has 1 fully saturated rings. The van der Waals surface area contributed by atoms with Gasteiger partial charge in [-0.05, 0) is 6.42 Å². The van der Waals surface area contributed by atoms with E-state index in [1.807, 2.05) is 6.92 Å². The van der Waals surface area contributed by atoms with Gasteiger partial charge in [-0.2, -0.15) is 4.31 Å². The Hall–Kier alpha value is -1.61. The fraction of sp³-hybridized carbons (Fsp3) is 0.636. The highest BCUT2D eigenvalue weighted by molar-refractivity contribution is 7.89. The summed E-state index contributed by atoms with van der Waals surface area (Å²) < 4.78 is 30.6. The molecule has 1 aromatic heterocycles. The van der Waals surface area contributed by atoms with Gasteiger partial charge < -0.3 is 15.0 Å². The van der Waals surface area contributed by atoms with E-state index < -0.39 is 16.1 Å². The number of rotatable bonds is 4. The van der Waals surface area contributed by atoms with Gasteiger partial charge in [-0.15, -0.1) is 0 Å². The van der Waals surface area contributed by atoms with Crippen LogP contribution in [-0.4, -0.2) is 55.0 Å². The van der Waals surface area contributed by atoms with Crippen LogP contribution in [0.15, 0.2) is 11.2 Å². The molecule has 0 saturated carbocycles. The molecule has 1 saturated heterocycles. The van der Waals surface area contributed by atoms with Crippen molar-refractivity contribution in [1.82, 2.24) is 19.6 Å². The van der Waals surface area contributed by atoms with Crippen LogP contribution in [0.5, 0.6) is 0 Å². The maximum absolute atomic E-state index is 12.4. The lowest BCUT2D eigenvalue weighted by atomic mass is 10.3. The lowest BCUT2D eigenvalue weighted by molar-refractivity contribution is 0.167. The molecule has 0 spiro atoms. The number of carbonyl (C=O) groups excluding carboxylic acids is 1. The van der Waals surface area contributed by atoms with E-state index in [2.05, 4.69) is 20.0 Å². The van der Waals surface area contributed by atoms with Crippen LogP contribution in [-0.2, 0) is 21.2 Å². The number of alkyl carbamates (subject to hydrolysis) is 1. The quantitative estimate of drug-likeness (QED) is 0.820. The highest BCUT2D eigenvalue weighted by Gasteiger charge is 2.34. The Morgan fingerprint density at radius 3 is 3.00 bits per heavy atom. The maximum atomic E-state index is 12.4. The normalized spacial score (nSPS) is 20.0. The fourth-order valence-corrected chi connectivity index (χ4v) is 3.52. The van der Waals surface area contributed by atoms with Gasteiger partial charge in [-0.3, -0.25) is 0 Å². The van der Waals surface area contributed by atoms with E-state index in [0.29, 0.717) is 25.2 Å². The minimum Gasteiger partial charge on any atom is -0.453 e. The van der Waals surface area contributed by atoms with Gasteiger partial charge in [0.1, 0.15) is 5.82 Å². The van der Waals surface area contributed by atoms with Crippen molar-refractivity contribution in [2.24, 2.45) is 0 Å². The van der Waals surface area contributed by atoms with Crippen molar-refractivity contribution >= 4 is 16.1 Å². The van der Waals surface area contributed by atoms with E-state index in [-0.39, 0.29) is 17.6 Å². The number of H-pyrrole nitrogens is 1. The van der Waals surface area contributed by atoms with Gasteiger partial charge in [0, 0.05) is 25.6 Å². The summed E-state index contributed by atoms with van der Waals surface area (Å²) in [5.74, 6) is 0.631. The second kappa shape index (κ2) is 5.80. The van der Waals surface area contributed by atoms with Gasteiger partial charge in [0.25, 0.3) is 10.0 Å². The lowest BCUT2D eigenvalue weighted by Crippen LogP contribution is -2.38. The molecule has 1 amide bonds. The lowest BCUT2D eigenvalue weighted by Gasteiger charge is -2.15. The first-order valence-corrected chi connectivity index (χ1v) is 7.80. The van der Waals surface area contributed by atoms with Crippen LogP contribution in [0.25, 0.3) is 0 Å². The molecule has 2 N–H and O–H groups in total. The molecule has 0 aromatic carbocycles. The summed E-state index contributed by atoms with van der Waals surface area (Å²) in [5.41, 5.74) is 0. The van der Waals surface area contributed by atoms with Gasteiger partial charge in [0.2, 0.25) is 0 Å². The monoisotopic (exact) mass is 302 g/mol. The Kier molecular flexibility index (Phi) is 4.29. The maximum Gasteiger partial charge on any atom is 0.407 e. The van der Waals surface area contributed by atoms with E-state index in [4.69, 9.17) is 0 Å². The second-order valence-corrected chi connectivity index (χ2v) is 6.44. The van der Waals surface area contributed by atoms with Crippen molar-refractivity contribution in [2.75, 3.05) is 20.2 Å². The van der Waals surface area contributed by atoms with E-state index in [0.717, 1.165) is 0 Å². The zero-order chi connectivity index (χ0) is 14.8. The molecular weight excluding hydrogens is 284 g/mol. The molecule has 0 radical (unpaired) electrons. The van der Waals surface area contributed by atoms with Crippen molar-refractivity contribution in [2.45, 2.75) is 30.8 Å². The Balaban J connectivity index is 2.06. The topological polar surface area (TPSA) is 104 Å². The molecule has 2 heterocycles. The minimum atomic E-state index is -3.58. The standard InChI is InChI=1S/C11H18N4O4S/c1-3-9-12-6-10(14-9)20(17,18)15-5-4-8(7-15)13-11(16)19-2/h6,8H,3-5,7H2,1-2H3,(H,12,14)(H,13,16). The number of nitrogens with one attached hydrogen (secondary N) is 2. The van der Waals surface area contributed by atoms with Crippen molar-refractivity contribution < 1.29 is 17.9 Å². The highest BCUT2D eigenvalue weighted by Crippen LogP contribution is 2.20. The Morgan fingerprint density at radius 2 is 2.40 bits per heavy atom. The molecule has 1 aliphatic heterocycles. The summed E-state index contributed by atoms with van der Waals surface area (Å²) in [5, 5.41) is 2.70. The van der Waals surface area contributed by atoms with Crippen molar-refractivity contribution in [3.05, 3.63) is 12.0 Å². The smallest absolute Gasteiger partial charge is 0.407 e. The number of hydrogen-bond acceptors (Lipinski definition) is 5. The number of aromatic amines is 1. The third-order valence-corrected chi connectivity index (χ3v) is 4.99. The third kappa shape index (κ3) is 2.93. The first-order valence-electron chi connectivity index (χ1n) is 6.36. The van der Waals surface area contributed by atoms with Crippen LogP contribution in [0.1, 0.15) is 19.2 Å². The second-order valence-electron chi connectivity index (χ2n) is 4.53. The first-order chi connectivity index (χ1) is 9.47. The van der Waals surface area contributed by atoms with Crippen molar-refractivity contribution in [3.63, 3.8) is 0 Å². The molecule has 112 valence electrons. The number of sulfonamides is 1. The number of methoxy groups -OCH3 is 1. The van der Waals surface area contributed by atoms with Crippen LogP contribution in [0.4, 0.5) is 4.79 Å². The summed E-state index contributed by atoms with van der Waals surface area (Å²) in [6.07, 6.45) is 1.98. The molecule has 1 aliphatic rings. The number of aromatic nitrogens is 2. The van der Waals surface area contributed by atoms with Crippen LogP contribution in [0.2, 0.25) is 0 Å². The van der Waals surface area contributed by atoms with Gasteiger partial charge in [0.15, 0.2) is 5.03 Å². The zero-order valence-corrected chi connectivity index (χ0v) is 12.2. The average molecular weight is 302 g/mol. The van der Waals surface area contributed by atoms with E-state index in [9.17, 15) is 13.2 Å². The number of amides is 1. The van der Waals surface area contributed by atoms with Gasteiger partial charge in [-0.1, -0.05) is 6.92 Å². The van der Waals surface area contributed by atoms with E-state index >= 15 is 0 Å². The number of ether oxygens (including phenoxy) is 1. The van der Waals surface area contributed by atoms with Crippen LogP contribution >= 0.6 is 0 Å². The molecule has 2 rings (SSSR count). The molecule has 0 bridgehead atoms. The predicted octanol–water partition coefficient (Wildman–Crippen LogP) is 0.0911. The zero-order valence-electron chi connectivity index (χ0n) is 11.4. The third-order valence-electron chi connectivity index (χ3n) is 3.22. The molecule has 0 aliphatic carbocycles. The van der Waals surface area contributed by atoms with Gasteiger partial charge >= 0.3 is 6.09 Å². The molecule has 1 atom stereocenters. The number of nitrogens with zero attached hydrogens (tertiary/aromatic N) is 2.